The van der Waals surface area contributed by atoms with Crippen LogP contribution in [0, 0.1) is 29.6 Å². The van der Waals surface area contributed by atoms with Gasteiger partial charge in [-0.3, -0.25) is 9.59 Å². The van der Waals surface area contributed by atoms with Gasteiger partial charge in [0.25, 0.3) is 11.8 Å². The van der Waals surface area contributed by atoms with Gasteiger partial charge in [-0.2, -0.15) is 36.9 Å². The molecule has 0 bridgehead atoms. The van der Waals surface area contributed by atoms with Crippen molar-refractivity contribution in [2.45, 2.75) is 24.9 Å². The van der Waals surface area contributed by atoms with E-state index in [9.17, 15) is 45.6 Å². The molecular formula is C26H13BrClF7N4O2. The van der Waals surface area contributed by atoms with Crippen LogP contribution in [0.15, 0.2) is 53.0 Å². The van der Waals surface area contributed by atoms with E-state index in [1.54, 1.807) is 6.92 Å². The predicted molar refractivity (Wildman–Crippen MR) is 137 cm³/mol. The van der Waals surface area contributed by atoms with E-state index < -0.39 is 50.6 Å². The highest BCUT2D eigenvalue weighted by molar-refractivity contribution is 9.10. The first-order valence-electron chi connectivity index (χ1n) is 10.9. The Labute approximate surface area is 240 Å². The first-order chi connectivity index (χ1) is 18.9. The molecule has 0 radical (unpaired) electrons. The van der Waals surface area contributed by atoms with Crippen LogP contribution in [0.25, 0.3) is 0 Å². The van der Waals surface area contributed by atoms with Gasteiger partial charge in [-0.15, -0.1) is 0 Å². The van der Waals surface area contributed by atoms with Crippen LogP contribution in [0.1, 0.15) is 43.0 Å². The largest absolute Gasteiger partial charge is 0.435 e. The molecular weight excluding hydrogens is 649 g/mol. The van der Waals surface area contributed by atoms with Gasteiger partial charge in [0, 0.05) is 21.2 Å². The number of aryl methyl sites for hydroxylation is 1. The highest BCUT2D eigenvalue weighted by atomic mass is 79.9. The molecule has 0 atom stereocenters. The number of carbonyl (C=O) groups is 2. The van der Waals surface area contributed by atoms with Crippen molar-refractivity contribution in [2.24, 2.45) is 0 Å². The number of nitrogens with one attached hydrogen (secondary N) is 2. The molecule has 3 rings (SSSR count). The summed E-state index contributed by atoms with van der Waals surface area (Å²) in [6.07, 6.45) is -12.8. The molecule has 2 amide bonds. The third-order valence-corrected chi connectivity index (χ3v) is 6.63. The van der Waals surface area contributed by atoms with E-state index in [-0.39, 0.29) is 34.5 Å². The van der Waals surface area contributed by atoms with Gasteiger partial charge in [0.1, 0.15) is 6.07 Å². The fourth-order valence-corrected chi connectivity index (χ4v) is 4.57. The maximum atomic E-state index is 14.5. The minimum absolute atomic E-state index is 0.0525. The minimum atomic E-state index is -6.38. The smallest absolute Gasteiger partial charge is 0.321 e. The molecule has 6 nitrogen and oxygen atoms in total. The number of amides is 2. The molecule has 2 N–H and O–H groups in total. The summed E-state index contributed by atoms with van der Waals surface area (Å²) in [6, 6.07) is 11.7. The number of halogens is 9. The van der Waals surface area contributed by atoms with Gasteiger partial charge in [-0.05, 0) is 76.9 Å². The standard InChI is InChI=1S/C26H13BrClF7N4O2/c1-12-6-13(10-36)2-5-17(12)23(41)38-20-7-14(3-4-15(20)11-37)22(40)39-21-18(27)8-16(9-19(21)28)24(29,25(30,31)32)26(33,34)35/h2-9H,1H3,(H,38,41)(H,39,40). The van der Waals surface area contributed by atoms with Gasteiger partial charge in [0.05, 0.1) is 33.6 Å². The zero-order valence-corrected chi connectivity index (χ0v) is 22.6. The van der Waals surface area contributed by atoms with Crippen LogP contribution in [0.3, 0.4) is 0 Å². The Balaban J connectivity index is 1.94. The van der Waals surface area contributed by atoms with Crippen LogP contribution in [-0.4, -0.2) is 24.2 Å². The second-order valence-electron chi connectivity index (χ2n) is 8.39. The van der Waals surface area contributed by atoms with E-state index in [2.05, 4.69) is 26.6 Å². The van der Waals surface area contributed by atoms with Gasteiger partial charge in [-0.25, -0.2) is 4.39 Å². The molecule has 3 aromatic rings. The Kier molecular flexibility index (Phi) is 8.72. The Morgan fingerprint density at radius 1 is 0.854 bits per heavy atom. The van der Waals surface area contributed by atoms with Gasteiger partial charge >= 0.3 is 18.0 Å². The number of anilines is 2. The number of hydrogen-bond donors (Lipinski definition) is 2. The second-order valence-corrected chi connectivity index (χ2v) is 9.65. The third kappa shape index (κ3) is 6.14. The molecule has 0 saturated heterocycles. The first kappa shape index (κ1) is 31.4. The quantitative estimate of drug-likeness (QED) is 0.271. The molecule has 3 aromatic carbocycles. The van der Waals surface area contributed by atoms with Crippen molar-refractivity contribution in [3.05, 3.63) is 91.4 Å². The van der Waals surface area contributed by atoms with Gasteiger partial charge in [0.2, 0.25) is 0 Å². The van der Waals surface area contributed by atoms with E-state index in [0.29, 0.717) is 11.1 Å². The van der Waals surface area contributed by atoms with Crippen molar-refractivity contribution in [3.63, 3.8) is 0 Å². The Morgan fingerprint density at radius 3 is 2.00 bits per heavy atom. The number of nitriles is 2. The summed E-state index contributed by atoms with van der Waals surface area (Å²) in [5.74, 6) is -1.67. The van der Waals surface area contributed by atoms with E-state index in [1.165, 1.54) is 24.3 Å². The summed E-state index contributed by atoms with van der Waals surface area (Å²) in [7, 11) is 0. The molecule has 0 aliphatic rings. The van der Waals surface area contributed by atoms with Crippen LogP contribution in [0.4, 0.5) is 42.1 Å². The molecule has 0 spiro atoms. The molecule has 0 aliphatic carbocycles. The Morgan fingerprint density at radius 2 is 1.49 bits per heavy atom. The third-order valence-electron chi connectivity index (χ3n) is 5.71. The number of alkyl halides is 7. The van der Waals surface area contributed by atoms with Crippen molar-refractivity contribution in [1.82, 2.24) is 0 Å². The maximum absolute atomic E-state index is 14.5. The summed E-state index contributed by atoms with van der Waals surface area (Å²) in [5.41, 5.74) is -7.53. The molecule has 0 aliphatic heterocycles. The highest BCUT2D eigenvalue weighted by Crippen LogP contribution is 2.54. The Hall–Kier alpha value is -4.14. The zero-order chi connectivity index (χ0) is 30.9. The van der Waals surface area contributed by atoms with Gasteiger partial charge < -0.3 is 10.6 Å². The molecule has 0 aromatic heterocycles. The lowest BCUT2D eigenvalue weighted by molar-refractivity contribution is -0.348. The van der Waals surface area contributed by atoms with Crippen molar-refractivity contribution in [2.75, 3.05) is 10.6 Å². The zero-order valence-electron chi connectivity index (χ0n) is 20.2. The molecule has 41 heavy (non-hydrogen) atoms. The van der Waals surface area contributed by atoms with E-state index >= 15 is 0 Å². The molecule has 212 valence electrons. The monoisotopic (exact) mass is 660 g/mol. The lowest BCUT2D eigenvalue weighted by Gasteiger charge is -2.30. The molecule has 0 fully saturated rings. The summed E-state index contributed by atoms with van der Waals surface area (Å²) >= 11 is 8.58. The van der Waals surface area contributed by atoms with Crippen molar-refractivity contribution in [3.8, 4) is 12.1 Å². The van der Waals surface area contributed by atoms with Gasteiger partial charge in [0.15, 0.2) is 0 Å². The van der Waals surface area contributed by atoms with Crippen LogP contribution in [0.5, 0.6) is 0 Å². The lowest BCUT2D eigenvalue weighted by Crippen LogP contribution is -2.50. The number of benzene rings is 3. The van der Waals surface area contributed by atoms with Crippen LogP contribution < -0.4 is 10.6 Å². The average Bonchev–Trinajstić information content (AvgIpc) is 2.88. The molecule has 0 saturated carbocycles. The van der Waals surface area contributed by atoms with Crippen molar-refractivity contribution in [1.29, 1.82) is 10.5 Å². The first-order valence-corrected chi connectivity index (χ1v) is 12.1. The predicted octanol–water partition coefficient (Wildman–Crippen LogP) is 7.95. The topological polar surface area (TPSA) is 106 Å². The maximum Gasteiger partial charge on any atom is 0.435 e. The normalized spacial score (nSPS) is 11.8. The van der Waals surface area contributed by atoms with E-state index in [1.807, 2.05) is 12.1 Å². The summed E-state index contributed by atoms with van der Waals surface area (Å²) in [6.45, 7) is 1.58. The number of rotatable bonds is 5. The fourth-order valence-electron chi connectivity index (χ4n) is 3.63. The number of carbonyl (C=O) groups excluding carboxylic acids is 2. The highest BCUT2D eigenvalue weighted by Gasteiger charge is 2.73. The summed E-state index contributed by atoms with van der Waals surface area (Å²) in [5, 5.41) is 22.2. The van der Waals surface area contributed by atoms with Gasteiger partial charge in [-0.1, -0.05) is 11.6 Å². The minimum Gasteiger partial charge on any atom is -0.321 e. The second kappa shape index (κ2) is 11.4. The summed E-state index contributed by atoms with van der Waals surface area (Å²) < 4.78 is 92.8. The average molecular weight is 662 g/mol. The SMILES string of the molecule is Cc1cc(C#N)ccc1C(=O)Nc1cc(C(=O)Nc2c(Cl)cc(C(F)(C(F)(F)F)C(F)(F)F)cc2Br)ccc1C#N. The van der Waals surface area contributed by atoms with Crippen LogP contribution in [0.2, 0.25) is 5.02 Å². The van der Waals surface area contributed by atoms with Crippen molar-refractivity contribution < 1.29 is 40.3 Å². The molecule has 0 unspecified atom stereocenters. The molecule has 15 heteroatoms. The lowest BCUT2D eigenvalue weighted by atomic mass is 9.94. The van der Waals surface area contributed by atoms with E-state index in [4.69, 9.17) is 16.9 Å². The Bertz CT molecular complexity index is 1610. The fraction of sp³-hybridized carbons (Fsp3) is 0.154. The number of hydrogen-bond acceptors (Lipinski definition) is 4. The van der Waals surface area contributed by atoms with Crippen molar-refractivity contribution >= 4 is 50.7 Å². The molecule has 0 heterocycles. The van der Waals surface area contributed by atoms with Crippen LogP contribution >= 0.6 is 27.5 Å². The van der Waals surface area contributed by atoms with E-state index in [0.717, 1.165) is 12.1 Å². The summed E-state index contributed by atoms with van der Waals surface area (Å²) in [4.78, 5) is 25.7. The number of nitrogens with zero attached hydrogens (tertiary/aromatic N) is 2. The van der Waals surface area contributed by atoms with Crippen LogP contribution in [-0.2, 0) is 5.67 Å².